The molecule has 1 aliphatic carbocycles. The van der Waals surface area contributed by atoms with Crippen LogP contribution in [0.5, 0.6) is 0 Å². The topological polar surface area (TPSA) is 24.5 Å². The first kappa shape index (κ1) is 12.3. The van der Waals surface area contributed by atoms with Gasteiger partial charge in [0.1, 0.15) is 0 Å². The lowest BCUT2D eigenvalue weighted by atomic mass is 10.1. The van der Waals surface area contributed by atoms with Gasteiger partial charge in [0.2, 0.25) is 0 Å². The van der Waals surface area contributed by atoms with E-state index in [0.29, 0.717) is 6.04 Å². The Morgan fingerprint density at radius 1 is 1.25 bits per heavy atom. The minimum absolute atomic E-state index is 0.676. The number of nitrogens with one attached hydrogen (secondary N) is 1. The third-order valence-corrected chi connectivity index (χ3v) is 4.15. The van der Waals surface area contributed by atoms with Crippen LogP contribution in [0.15, 0.2) is 0 Å². The van der Waals surface area contributed by atoms with Crippen molar-refractivity contribution in [1.82, 2.24) is 10.2 Å². The van der Waals surface area contributed by atoms with Gasteiger partial charge >= 0.3 is 0 Å². The highest BCUT2D eigenvalue weighted by Crippen LogP contribution is 2.26. The highest BCUT2D eigenvalue weighted by molar-refractivity contribution is 4.89. The van der Waals surface area contributed by atoms with Gasteiger partial charge in [-0.3, -0.25) is 4.90 Å². The summed E-state index contributed by atoms with van der Waals surface area (Å²) >= 11 is 0. The number of nitrogens with zero attached hydrogens (tertiary/aromatic N) is 1. The summed E-state index contributed by atoms with van der Waals surface area (Å²) in [5.74, 6) is 0. The summed E-state index contributed by atoms with van der Waals surface area (Å²) in [6.45, 7) is 5.31. The Morgan fingerprint density at radius 2 is 2.12 bits per heavy atom. The second-order valence-electron chi connectivity index (χ2n) is 5.30. The second kappa shape index (κ2) is 5.99. The molecule has 0 amide bonds. The fourth-order valence-electron chi connectivity index (χ4n) is 3.00. The summed E-state index contributed by atoms with van der Waals surface area (Å²) in [4.78, 5) is 2.57. The van der Waals surface area contributed by atoms with Crippen molar-refractivity contribution < 1.29 is 4.74 Å². The first-order valence-electron chi connectivity index (χ1n) is 6.84. The number of hydrogen-bond donors (Lipinski definition) is 1. The minimum atomic E-state index is 0.676. The zero-order valence-electron chi connectivity index (χ0n) is 10.7. The third-order valence-electron chi connectivity index (χ3n) is 4.15. The number of hydrogen-bond acceptors (Lipinski definition) is 3. The molecule has 3 nitrogen and oxygen atoms in total. The molecule has 0 bridgehead atoms. The predicted octanol–water partition coefficient (Wildman–Crippen LogP) is 1.63. The maximum Gasteiger partial charge on any atom is 0.0622 e. The fourth-order valence-corrected chi connectivity index (χ4v) is 3.00. The van der Waals surface area contributed by atoms with Crippen LogP contribution < -0.4 is 5.32 Å². The SMILES string of the molecule is CCCNC1CCC(N(C)C2CCOC2)C1. The predicted molar refractivity (Wildman–Crippen MR) is 66.7 cm³/mol. The summed E-state index contributed by atoms with van der Waals surface area (Å²) in [6, 6.07) is 2.21. The van der Waals surface area contributed by atoms with Gasteiger partial charge < -0.3 is 10.1 Å². The molecule has 1 aliphatic heterocycles. The molecular formula is C13H26N2O. The molecule has 0 aromatic carbocycles. The van der Waals surface area contributed by atoms with Crippen LogP contribution in [0.1, 0.15) is 39.0 Å². The Bertz CT molecular complexity index is 204. The largest absolute Gasteiger partial charge is 0.380 e. The van der Waals surface area contributed by atoms with Crippen LogP contribution in [-0.2, 0) is 4.74 Å². The van der Waals surface area contributed by atoms with Crippen molar-refractivity contribution in [2.75, 3.05) is 26.8 Å². The lowest BCUT2D eigenvalue weighted by Crippen LogP contribution is -2.40. The van der Waals surface area contributed by atoms with E-state index in [0.717, 1.165) is 25.3 Å². The van der Waals surface area contributed by atoms with E-state index in [1.54, 1.807) is 0 Å². The average Bonchev–Trinajstić information content (AvgIpc) is 2.96. The van der Waals surface area contributed by atoms with Gasteiger partial charge in [0.25, 0.3) is 0 Å². The van der Waals surface area contributed by atoms with Gasteiger partial charge in [-0.1, -0.05) is 6.92 Å². The summed E-state index contributed by atoms with van der Waals surface area (Å²) in [5.41, 5.74) is 0. The smallest absolute Gasteiger partial charge is 0.0622 e. The van der Waals surface area contributed by atoms with Gasteiger partial charge in [-0.25, -0.2) is 0 Å². The van der Waals surface area contributed by atoms with E-state index in [2.05, 4.69) is 24.2 Å². The molecule has 3 unspecified atom stereocenters. The molecule has 2 fully saturated rings. The van der Waals surface area contributed by atoms with Crippen molar-refractivity contribution in [1.29, 1.82) is 0 Å². The molecule has 0 aromatic heterocycles. The van der Waals surface area contributed by atoms with Gasteiger partial charge in [-0.05, 0) is 45.7 Å². The van der Waals surface area contributed by atoms with Crippen LogP contribution in [0.4, 0.5) is 0 Å². The normalized spacial score (nSPS) is 35.1. The van der Waals surface area contributed by atoms with Crippen molar-refractivity contribution in [2.24, 2.45) is 0 Å². The highest BCUT2D eigenvalue weighted by atomic mass is 16.5. The molecular weight excluding hydrogens is 200 g/mol. The van der Waals surface area contributed by atoms with Crippen LogP contribution >= 0.6 is 0 Å². The molecule has 94 valence electrons. The zero-order chi connectivity index (χ0) is 11.4. The van der Waals surface area contributed by atoms with Crippen molar-refractivity contribution in [3.63, 3.8) is 0 Å². The average molecular weight is 226 g/mol. The number of rotatable bonds is 5. The molecule has 1 saturated heterocycles. The van der Waals surface area contributed by atoms with Crippen LogP contribution in [0.2, 0.25) is 0 Å². The first-order chi connectivity index (χ1) is 7.81. The molecule has 1 heterocycles. The van der Waals surface area contributed by atoms with E-state index in [4.69, 9.17) is 4.74 Å². The Kier molecular flexibility index (Phi) is 4.62. The maximum absolute atomic E-state index is 5.47. The van der Waals surface area contributed by atoms with Crippen molar-refractivity contribution in [3.8, 4) is 0 Å². The van der Waals surface area contributed by atoms with Crippen LogP contribution in [0.25, 0.3) is 0 Å². The fraction of sp³-hybridized carbons (Fsp3) is 1.00. The molecule has 3 heteroatoms. The van der Waals surface area contributed by atoms with Crippen molar-refractivity contribution in [3.05, 3.63) is 0 Å². The quantitative estimate of drug-likeness (QED) is 0.771. The Hall–Kier alpha value is -0.120. The van der Waals surface area contributed by atoms with Crippen LogP contribution in [0.3, 0.4) is 0 Å². The van der Waals surface area contributed by atoms with Crippen LogP contribution in [-0.4, -0.2) is 49.8 Å². The maximum atomic E-state index is 5.47. The molecule has 0 spiro atoms. The van der Waals surface area contributed by atoms with Crippen LogP contribution in [0, 0.1) is 0 Å². The van der Waals surface area contributed by atoms with Gasteiger partial charge in [-0.15, -0.1) is 0 Å². The van der Waals surface area contributed by atoms with Gasteiger partial charge in [-0.2, -0.15) is 0 Å². The Balaban J connectivity index is 1.74. The summed E-state index contributed by atoms with van der Waals surface area (Å²) in [5, 5.41) is 3.65. The van der Waals surface area contributed by atoms with Gasteiger partial charge in [0, 0.05) is 24.7 Å². The van der Waals surface area contributed by atoms with E-state index in [1.165, 1.54) is 38.6 Å². The van der Waals surface area contributed by atoms with E-state index < -0.39 is 0 Å². The summed E-state index contributed by atoms with van der Waals surface area (Å²) < 4.78 is 5.47. The van der Waals surface area contributed by atoms with E-state index in [1.807, 2.05) is 0 Å². The third kappa shape index (κ3) is 2.96. The van der Waals surface area contributed by atoms with Crippen molar-refractivity contribution >= 4 is 0 Å². The van der Waals surface area contributed by atoms with E-state index in [-0.39, 0.29) is 0 Å². The molecule has 16 heavy (non-hydrogen) atoms. The van der Waals surface area contributed by atoms with Crippen molar-refractivity contribution in [2.45, 2.75) is 57.2 Å². The molecule has 0 radical (unpaired) electrons. The molecule has 0 aromatic rings. The minimum Gasteiger partial charge on any atom is -0.380 e. The van der Waals surface area contributed by atoms with Gasteiger partial charge in [0.05, 0.1) is 6.61 Å². The summed E-state index contributed by atoms with van der Waals surface area (Å²) in [6.07, 6.45) is 6.50. The second-order valence-corrected chi connectivity index (χ2v) is 5.30. The molecule has 2 rings (SSSR count). The first-order valence-corrected chi connectivity index (χ1v) is 6.84. The number of ether oxygens (including phenoxy) is 1. The molecule has 2 aliphatic rings. The monoisotopic (exact) mass is 226 g/mol. The van der Waals surface area contributed by atoms with E-state index in [9.17, 15) is 0 Å². The zero-order valence-corrected chi connectivity index (χ0v) is 10.7. The highest BCUT2D eigenvalue weighted by Gasteiger charge is 2.31. The number of likely N-dealkylation sites (N-methyl/N-ethyl adjacent to an activating group) is 1. The molecule has 1 N–H and O–H groups in total. The Labute approximate surface area is 99.5 Å². The summed E-state index contributed by atoms with van der Waals surface area (Å²) in [7, 11) is 2.28. The molecule has 3 atom stereocenters. The lowest BCUT2D eigenvalue weighted by Gasteiger charge is -2.29. The Morgan fingerprint density at radius 3 is 2.81 bits per heavy atom. The standard InChI is InChI=1S/C13H26N2O/c1-3-7-14-11-4-5-12(9-11)15(2)13-6-8-16-10-13/h11-14H,3-10H2,1-2H3. The molecule has 1 saturated carbocycles. The lowest BCUT2D eigenvalue weighted by molar-refractivity contribution is 0.132. The van der Waals surface area contributed by atoms with E-state index >= 15 is 0 Å². The van der Waals surface area contributed by atoms with Gasteiger partial charge in [0.15, 0.2) is 0 Å².